The molecule has 0 bridgehead atoms. The van der Waals surface area contributed by atoms with Crippen LogP contribution in [-0.4, -0.2) is 60.6 Å². The van der Waals surface area contributed by atoms with Gasteiger partial charge in [0.15, 0.2) is 18.2 Å². The summed E-state index contributed by atoms with van der Waals surface area (Å²) in [5, 5.41) is 2.88. The predicted octanol–water partition coefficient (Wildman–Crippen LogP) is 3.79. The van der Waals surface area contributed by atoms with E-state index in [1.165, 1.54) is 0 Å². The summed E-state index contributed by atoms with van der Waals surface area (Å²) in [6, 6.07) is 10.5. The number of anilines is 2. The van der Waals surface area contributed by atoms with Crippen molar-refractivity contribution < 1.29 is 33.3 Å². The van der Waals surface area contributed by atoms with Gasteiger partial charge in [0.05, 0.1) is 19.7 Å². The normalized spacial score (nSPS) is 22.7. The van der Waals surface area contributed by atoms with Crippen molar-refractivity contribution >= 4 is 29.7 Å². The number of fused-ring (bicyclic) bond motifs is 2. The largest absolute Gasteiger partial charge is 0.497 e. The van der Waals surface area contributed by atoms with Gasteiger partial charge in [-0.3, -0.25) is 14.6 Å². The smallest absolute Gasteiger partial charge is 0.416 e. The van der Waals surface area contributed by atoms with Crippen LogP contribution in [0.25, 0.3) is 0 Å². The highest BCUT2D eigenvalue weighted by molar-refractivity contribution is 5.97. The average molecular weight is 525 g/mol. The zero-order chi connectivity index (χ0) is 27.0. The summed E-state index contributed by atoms with van der Waals surface area (Å²) in [7, 11) is 1.60. The summed E-state index contributed by atoms with van der Waals surface area (Å²) in [6.45, 7) is 5.63. The highest BCUT2D eigenvalue weighted by atomic mass is 16.6. The van der Waals surface area contributed by atoms with Crippen LogP contribution in [0.2, 0.25) is 0 Å². The number of rotatable bonds is 5. The van der Waals surface area contributed by atoms with E-state index >= 15 is 0 Å². The molecule has 5 rings (SSSR count). The van der Waals surface area contributed by atoms with Gasteiger partial charge in [0.1, 0.15) is 23.3 Å². The molecule has 1 saturated carbocycles. The Morgan fingerprint density at radius 3 is 2.61 bits per heavy atom. The minimum absolute atomic E-state index is 0.0906. The summed E-state index contributed by atoms with van der Waals surface area (Å²) in [6.07, 6.45) is 0.351. The fraction of sp³-hybridized carbons (Fsp3) is 0.481. The Morgan fingerprint density at radius 1 is 1.13 bits per heavy atom. The van der Waals surface area contributed by atoms with Gasteiger partial charge in [-0.2, -0.15) is 0 Å². The number of aromatic nitrogens is 1. The molecule has 2 aromatic rings. The second-order valence-electron chi connectivity index (χ2n) is 10.6. The van der Waals surface area contributed by atoms with E-state index in [4.69, 9.17) is 23.9 Å². The summed E-state index contributed by atoms with van der Waals surface area (Å²) in [5.74, 6) is 1.70. The Bertz CT molecular complexity index is 1230. The van der Waals surface area contributed by atoms with Gasteiger partial charge in [-0.05, 0) is 63.4 Å². The number of nitrogens with zero attached hydrogens (tertiary/aromatic N) is 3. The third-order valence-corrected chi connectivity index (χ3v) is 6.74. The van der Waals surface area contributed by atoms with E-state index in [2.05, 4.69) is 5.32 Å². The fourth-order valence-corrected chi connectivity index (χ4v) is 5.00. The summed E-state index contributed by atoms with van der Waals surface area (Å²) < 4.78 is 21.9. The highest BCUT2D eigenvalue weighted by Crippen LogP contribution is 2.39. The number of hydrogen-bond donors (Lipinski definition) is 1. The highest BCUT2D eigenvalue weighted by Gasteiger charge is 2.47. The number of carbonyl (C=O) groups excluding carboxylic acids is 3. The van der Waals surface area contributed by atoms with Crippen molar-refractivity contribution in [1.82, 2.24) is 10.3 Å². The van der Waals surface area contributed by atoms with Crippen LogP contribution in [0.1, 0.15) is 45.6 Å². The molecule has 2 fully saturated rings. The number of methoxy groups -OCH3 is 1. The average Bonchev–Trinajstić information content (AvgIpc) is 3.19. The fourth-order valence-electron chi connectivity index (χ4n) is 5.00. The molecule has 2 aliphatic heterocycles. The zero-order valence-corrected chi connectivity index (χ0v) is 21.9. The van der Waals surface area contributed by atoms with Crippen LogP contribution >= 0.6 is 0 Å². The van der Waals surface area contributed by atoms with Crippen molar-refractivity contribution in [1.29, 1.82) is 0 Å². The lowest BCUT2D eigenvalue weighted by atomic mass is 9.88. The van der Waals surface area contributed by atoms with Crippen LogP contribution in [0.15, 0.2) is 36.4 Å². The molecule has 1 N–H and O–H groups in total. The number of hydrogen-bond acceptors (Lipinski definition) is 8. The molecule has 1 aromatic carbocycles. The first-order valence-corrected chi connectivity index (χ1v) is 12.7. The maximum Gasteiger partial charge on any atom is 0.416 e. The minimum atomic E-state index is -0.595. The van der Waals surface area contributed by atoms with Crippen LogP contribution in [-0.2, 0) is 20.8 Å². The van der Waals surface area contributed by atoms with Crippen LogP contribution in [0, 0.1) is 0 Å². The van der Waals surface area contributed by atoms with E-state index < -0.39 is 23.9 Å². The molecule has 11 nitrogen and oxygen atoms in total. The second-order valence-corrected chi connectivity index (χ2v) is 10.6. The quantitative estimate of drug-likeness (QED) is 0.628. The number of ether oxygens (including phenoxy) is 4. The van der Waals surface area contributed by atoms with E-state index in [1.807, 2.05) is 45.0 Å². The van der Waals surface area contributed by atoms with E-state index in [0.717, 1.165) is 11.3 Å². The van der Waals surface area contributed by atoms with Gasteiger partial charge in [-0.15, -0.1) is 0 Å². The van der Waals surface area contributed by atoms with Gasteiger partial charge < -0.3 is 24.3 Å². The lowest BCUT2D eigenvalue weighted by Gasteiger charge is -2.34. The molecule has 1 saturated heterocycles. The molecule has 1 aromatic heterocycles. The standard InChI is InChI=1S/C27H32N4O7/c1-27(2,3)38-25(33)28-17-7-10-19-21(13-17)37-26(34)31(19)22-12-11-20-24(29-22)30(23(32)15-36-20)14-16-5-8-18(35-4)9-6-16/h5-6,8-9,11-12,17,19,21H,7,10,13-15H2,1-4H3,(H,28,33)/t17-,19-,21+/m0/s1. The topological polar surface area (TPSA) is 120 Å². The first kappa shape index (κ1) is 25.6. The van der Waals surface area contributed by atoms with Gasteiger partial charge in [-0.25, -0.2) is 14.6 Å². The number of alkyl carbamates (subject to hydrolysis) is 1. The molecule has 11 heteroatoms. The maximum absolute atomic E-state index is 13.0. The van der Waals surface area contributed by atoms with Crippen molar-refractivity contribution in [2.75, 3.05) is 23.5 Å². The van der Waals surface area contributed by atoms with Crippen LogP contribution < -0.4 is 24.6 Å². The Balaban J connectivity index is 1.32. The monoisotopic (exact) mass is 524 g/mol. The van der Waals surface area contributed by atoms with Crippen molar-refractivity contribution in [2.24, 2.45) is 0 Å². The number of amides is 3. The molecule has 3 amide bonds. The number of benzene rings is 1. The predicted molar refractivity (Wildman–Crippen MR) is 137 cm³/mol. The first-order chi connectivity index (χ1) is 18.1. The lowest BCUT2D eigenvalue weighted by molar-refractivity contribution is -0.121. The Kier molecular flexibility index (Phi) is 6.77. The van der Waals surface area contributed by atoms with Crippen molar-refractivity contribution in [2.45, 2.75) is 70.4 Å². The molecule has 3 aliphatic rings. The zero-order valence-electron chi connectivity index (χ0n) is 21.9. The Hall–Kier alpha value is -4.02. The molecular weight excluding hydrogens is 492 g/mol. The molecule has 3 atom stereocenters. The minimum Gasteiger partial charge on any atom is -0.497 e. The first-order valence-electron chi connectivity index (χ1n) is 12.7. The van der Waals surface area contributed by atoms with Crippen molar-refractivity contribution in [3.8, 4) is 11.5 Å². The van der Waals surface area contributed by atoms with Gasteiger partial charge in [0.2, 0.25) is 0 Å². The third kappa shape index (κ3) is 5.32. The molecule has 38 heavy (non-hydrogen) atoms. The van der Waals surface area contributed by atoms with Crippen LogP contribution in [0.4, 0.5) is 21.2 Å². The Labute approximate surface area is 221 Å². The Morgan fingerprint density at radius 2 is 1.89 bits per heavy atom. The van der Waals surface area contributed by atoms with E-state index in [-0.39, 0.29) is 24.6 Å². The molecule has 202 valence electrons. The van der Waals surface area contributed by atoms with Gasteiger partial charge in [0.25, 0.3) is 5.91 Å². The number of carbonyl (C=O) groups is 3. The lowest BCUT2D eigenvalue weighted by Crippen LogP contribution is -2.48. The van der Waals surface area contributed by atoms with E-state index in [0.29, 0.717) is 43.2 Å². The van der Waals surface area contributed by atoms with Crippen molar-refractivity contribution in [3.05, 3.63) is 42.0 Å². The number of pyridine rings is 1. The van der Waals surface area contributed by atoms with Crippen LogP contribution in [0.5, 0.6) is 11.5 Å². The van der Waals surface area contributed by atoms with Gasteiger partial charge in [0, 0.05) is 12.5 Å². The van der Waals surface area contributed by atoms with Crippen LogP contribution in [0.3, 0.4) is 0 Å². The summed E-state index contributed by atoms with van der Waals surface area (Å²) in [5.41, 5.74) is 0.304. The molecule has 3 heterocycles. The second kappa shape index (κ2) is 10.0. The molecule has 0 spiro atoms. The maximum atomic E-state index is 13.0. The summed E-state index contributed by atoms with van der Waals surface area (Å²) >= 11 is 0. The molecule has 0 radical (unpaired) electrons. The van der Waals surface area contributed by atoms with E-state index in [1.54, 1.807) is 29.0 Å². The van der Waals surface area contributed by atoms with Gasteiger partial charge in [-0.1, -0.05) is 12.1 Å². The molecule has 0 unspecified atom stereocenters. The number of nitrogens with one attached hydrogen (secondary N) is 1. The van der Waals surface area contributed by atoms with Crippen molar-refractivity contribution in [3.63, 3.8) is 0 Å². The summed E-state index contributed by atoms with van der Waals surface area (Å²) in [4.78, 5) is 45.8. The molecule has 1 aliphatic carbocycles. The van der Waals surface area contributed by atoms with E-state index in [9.17, 15) is 14.4 Å². The SMILES string of the molecule is COc1ccc(CN2C(=O)COc3ccc(N4C(=O)O[C@@H]5C[C@@H](NC(=O)OC(C)(C)C)CC[C@@H]54)nc32)cc1. The van der Waals surface area contributed by atoms with Gasteiger partial charge >= 0.3 is 12.2 Å². The third-order valence-electron chi connectivity index (χ3n) is 6.74. The molecular formula is C27H32N4O7.